The molecule has 26 heavy (non-hydrogen) atoms. The molecule has 3 amide bonds. The molecule has 9 heteroatoms. The fourth-order valence-corrected chi connectivity index (χ4v) is 2.70. The van der Waals surface area contributed by atoms with E-state index in [4.69, 9.17) is 4.74 Å². The highest BCUT2D eigenvalue weighted by Gasteiger charge is 2.44. The van der Waals surface area contributed by atoms with Gasteiger partial charge in [-0.1, -0.05) is 30.3 Å². The third-order valence-electron chi connectivity index (χ3n) is 4.19. The smallest absolute Gasteiger partial charge is 0.424 e. The lowest BCUT2D eigenvalue weighted by Gasteiger charge is -2.35. The molecule has 0 aromatic heterocycles. The minimum atomic E-state index is -1.02. The summed E-state index contributed by atoms with van der Waals surface area (Å²) in [5, 5.41) is 5.28. The molecule has 2 fully saturated rings. The molecule has 1 aromatic carbocycles. The molecular weight excluding hydrogens is 342 g/mol. The minimum Gasteiger partial charge on any atom is -0.445 e. The Labute approximate surface area is 149 Å². The topological polar surface area (TPSA) is 114 Å². The van der Waals surface area contributed by atoms with Crippen LogP contribution < -0.4 is 10.6 Å². The molecule has 1 unspecified atom stereocenters. The summed E-state index contributed by atoms with van der Waals surface area (Å²) in [6, 6.07) is 7.70. The highest BCUT2D eigenvalue weighted by Crippen LogP contribution is 2.14. The number of carbonyl (C=O) groups excluding carboxylic acids is 4. The van der Waals surface area contributed by atoms with Crippen LogP contribution in [0.5, 0.6) is 0 Å². The fourth-order valence-electron chi connectivity index (χ4n) is 2.70. The first-order valence-electron chi connectivity index (χ1n) is 8.32. The first-order chi connectivity index (χ1) is 12.5. The Morgan fingerprint density at radius 3 is 2.65 bits per heavy atom. The Morgan fingerprint density at radius 2 is 2.00 bits per heavy atom. The largest absolute Gasteiger partial charge is 0.445 e. The van der Waals surface area contributed by atoms with Crippen molar-refractivity contribution in [3.8, 4) is 0 Å². The second kappa shape index (κ2) is 7.96. The van der Waals surface area contributed by atoms with Crippen molar-refractivity contribution < 1.29 is 28.7 Å². The van der Waals surface area contributed by atoms with Gasteiger partial charge in [0.25, 0.3) is 5.91 Å². The van der Waals surface area contributed by atoms with E-state index in [0.29, 0.717) is 13.0 Å². The quantitative estimate of drug-likeness (QED) is 0.457. The van der Waals surface area contributed by atoms with Crippen molar-refractivity contribution in [2.75, 3.05) is 13.1 Å². The SMILES string of the molecule is O=C(NC1CN(C(=O)OC(=O)[C@H]2CCCN2)C1=O)OCc1ccccc1. The van der Waals surface area contributed by atoms with E-state index in [9.17, 15) is 19.2 Å². The van der Waals surface area contributed by atoms with Gasteiger partial charge in [-0.25, -0.2) is 19.3 Å². The Bertz CT molecular complexity index is 702. The number of benzene rings is 1. The molecule has 2 aliphatic rings. The lowest BCUT2D eigenvalue weighted by Crippen LogP contribution is -2.65. The maximum Gasteiger partial charge on any atom is 0.424 e. The maximum atomic E-state index is 11.9. The van der Waals surface area contributed by atoms with Crippen LogP contribution in [0.2, 0.25) is 0 Å². The predicted molar refractivity (Wildman–Crippen MR) is 87.8 cm³/mol. The van der Waals surface area contributed by atoms with E-state index >= 15 is 0 Å². The number of rotatable bonds is 4. The number of hydrogen-bond acceptors (Lipinski definition) is 7. The summed E-state index contributed by atoms with van der Waals surface area (Å²) in [6.07, 6.45) is -0.360. The summed E-state index contributed by atoms with van der Waals surface area (Å²) < 4.78 is 9.70. The minimum absolute atomic E-state index is 0.0660. The van der Waals surface area contributed by atoms with E-state index in [-0.39, 0.29) is 13.2 Å². The zero-order valence-electron chi connectivity index (χ0n) is 14.0. The van der Waals surface area contributed by atoms with Gasteiger partial charge in [0.2, 0.25) is 0 Å². The number of amides is 3. The van der Waals surface area contributed by atoms with Crippen LogP contribution in [0, 0.1) is 0 Å². The lowest BCUT2D eigenvalue weighted by atomic mass is 10.1. The monoisotopic (exact) mass is 361 g/mol. The van der Waals surface area contributed by atoms with Crippen LogP contribution in [0.25, 0.3) is 0 Å². The second-order valence-electron chi connectivity index (χ2n) is 6.04. The van der Waals surface area contributed by atoms with E-state index < -0.39 is 36.1 Å². The first kappa shape index (κ1) is 17.9. The van der Waals surface area contributed by atoms with Crippen LogP contribution in [-0.4, -0.2) is 54.1 Å². The molecule has 138 valence electrons. The molecular formula is C17H19N3O6. The third-order valence-corrected chi connectivity index (χ3v) is 4.19. The Morgan fingerprint density at radius 1 is 1.23 bits per heavy atom. The van der Waals surface area contributed by atoms with E-state index in [1.165, 1.54) is 0 Å². The number of β-lactam (4-membered cyclic amide) rings is 1. The number of nitrogens with zero attached hydrogens (tertiary/aromatic N) is 1. The molecule has 0 aliphatic carbocycles. The van der Waals surface area contributed by atoms with Crippen molar-refractivity contribution in [3.63, 3.8) is 0 Å². The molecule has 2 atom stereocenters. The number of nitrogens with one attached hydrogen (secondary N) is 2. The number of esters is 1. The number of ether oxygens (including phenoxy) is 2. The normalized spacial score (nSPS) is 21.7. The standard InChI is InChI=1S/C17H19N3O6/c21-14-13(19-16(23)25-10-11-5-2-1-3-6-11)9-20(14)17(24)26-15(22)12-7-4-8-18-12/h1-3,5-6,12-13,18H,4,7-10H2,(H,19,23)/t12-,13?/m1/s1. The highest BCUT2D eigenvalue weighted by atomic mass is 16.6. The van der Waals surface area contributed by atoms with Gasteiger partial charge in [-0.2, -0.15) is 0 Å². The van der Waals surface area contributed by atoms with Gasteiger partial charge in [0.1, 0.15) is 18.7 Å². The fraction of sp³-hybridized carbons (Fsp3) is 0.412. The van der Waals surface area contributed by atoms with Crippen molar-refractivity contribution in [1.82, 2.24) is 15.5 Å². The lowest BCUT2D eigenvalue weighted by molar-refractivity contribution is -0.146. The van der Waals surface area contributed by atoms with Gasteiger partial charge in [-0.15, -0.1) is 0 Å². The molecule has 0 saturated carbocycles. The summed E-state index contributed by atoms with van der Waals surface area (Å²) in [7, 11) is 0. The maximum absolute atomic E-state index is 11.9. The number of carbonyl (C=O) groups is 4. The number of alkyl carbamates (subject to hydrolysis) is 1. The number of imide groups is 1. The van der Waals surface area contributed by atoms with Crippen LogP contribution >= 0.6 is 0 Å². The van der Waals surface area contributed by atoms with Crippen molar-refractivity contribution >= 4 is 24.1 Å². The van der Waals surface area contributed by atoms with Gasteiger partial charge < -0.3 is 20.1 Å². The highest BCUT2D eigenvalue weighted by molar-refractivity contribution is 6.04. The molecule has 0 bridgehead atoms. The molecule has 2 aliphatic heterocycles. The average Bonchev–Trinajstić information content (AvgIpc) is 3.18. The number of likely N-dealkylation sites (tertiary alicyclic amines) is 1. The molecule has 9 nitrogen and oxygen atoms in total. The van der Waals surface area contributed by atoms with Gasteiger partial charge >= 0.3 is 18.2 Å². The summed E-state index contributed by atoms with van der Waals surface area (Å²) in [5.74, 6) is -1.34. The summed E-state index contributed by atoms with van der Waals surface area (Å²) in [4.78, 5) is 48.0. The third kappa shape index (κ3) is 4.17. The average molecular weight is 361 g/mol. The number of hydrogen-bond donors (Lipinski definition) is 2. The van der Waals surface area contributed by atoms with E-state index in [1.807, 2.05) is 18.2 Å². The van der Waals surface area contributed by atoms with Gasteiger partial charge in [0, 0.05) is 0 Å². The van der Waals surface area contributed by atoms with Crippen molar-refractivity contribution in [3.05, 3.63) is 35.9 Å². The van der Waals surface area contributed by atoms with E-state index in [0.717, 1.165) is 16.9 Å². The van der Waals surface area contributed by atoms with Crippen LogP contribution in [-0.2, 0) is 25.7 Å². The second-order valence-corrected chi connectivity index (χ2v) is 6.04. The van der Waals surface area contributed by atoms with E-state index in [2.05, 4.69) is 15.4 Å². The van der Waals surface area contributed by atoms with Gasteiger partial charge in [0.05, 0.1) is 6.54 Å². The Balaban J connectivity index is 1.39. The Kier molecular flexibility index (Phi) is 5.47. The molecule has 2 saturated heterocycles. The van der Waals surface area contributed by atoms with E-state index in [1.54, 1.807) is 12.1 Å². The van der Waals surface area contributed by atoms with Crippen LogP contribution in [0.4, 0.5) is 9.59 Å². The van der Waals surface area contributed by atoms with Crippen LogP contribution in [0.1, 0.15) is 18.4 Å². The summed E-state index contributed by atoms with van der Waals surface area (Å²) in [5.41, 5.74) is 0.812. The van der Waals surface area contributed by atoms with Gasteiger partial charge in [0.15, 0.2) is 0 Å². The van der Waals surface area contributed by atoms with Gasteiger partial charge in [-0.05, 0) is 24.9 Å². The molecule has 0 radical (unpaired) electrons. The molecule has 2 N–H and O–H groups in total. The molecule has 1 aromatic rings. The zero-order chi connectivity index (χ0) is 18.5. The van der Waals surface area contributed by atoms with Crippen molar-refractivity contribution in [2.45, 2.75) is 31.5 Å². The molecule has 2 heterocycles. The Hall–Kier alpha value is -2.94. The first-order valence-corrected chi connectivity index (χ1v) is 8.32. The van der Waals surface area contributed by atoms with Crippen molar-refractivity contribution in [2.24, 2.45) is 0 Å². The van der Waals surface area contributed by atoms with Crippen molar-refractivity contribution in [1.29, 1.82) is 0 Å². The molecule has 3 rings (SSSR count). The van der Waals surface area contributed by atoms with Crippen LogP contribution in [0.15, 0.2) is 30.3 Å². The zero-order valence-corrected chi connectivity index (χ0v) is 14.0. The predicted octanol–water partition coefficient (Wildman–Crippen LogP) is 0.539. The molecule has 0 spiro atoms. The van der Waals surface area contributed by atoms with Crippen LogP contribution in [0.3, 0.4) is 0 Å². The summed E-state index contributed by atoms with van der Waals surface area (Å²) in [6.45, 7) is 0.694. The van der Waals surface area contributed by atoms with Gasteiger partial charge in [-0.3, -0.25) is 4.79 Å². The summed E-state index contributed by atoms with van der Waals surface area (Å²) >= 11 is 0.